The molecular formula is C11H11BrN2O. The predicted molar refractivity (Wildman–Crippen MR) is 62.3 cm³/mol. The lowest BCUT2D eigenvalue weighted by Gasteiger charge is -2.00. The van der Waals surface area contributed by atoms with Gasteiger partial charge in [-0.2, -0.15) is 0 Å². The molecule has 0 fully saturated rings. The second kappa shape index (κ2) is 3.77. The van der Waals surface area contributed by atoms with Crippen LogP contribution < -0.4 is 0 Å². The van der Waals surface area contributed by atoms with Crippen LogP contribution >= 0.6 is 15.9 Å². The number of carbonyl (C=O) groups excluding carboxylic acids is 1. The van der Waals surface area contributed by atoms with E-state index in [9.17, 15) is 4.79 Å². The molecule has 0 saturated carbocycles. The lowest BCUT2D eigenvalue weighted by molar-refractivity contribution is 0.101. The quantitative estimate of drug-likeness (QED) is 0.784. The molecule has 0 amide bonds. The van der Waals surface area contributed by atoms with Crippen molar-refractivity contribution in [2.75, 3.05) is 0 Å². The van der Waals surface area contributed by atoms with Gasteiger partial charge in [0.2, 0.25) is 0 Å². The van der Waals surface area contributed by atoms with Crippen LogP contribution in [0, 0.1) is 0 Å². The van der Waals surface area contributed by atoms with Crippen molar-refractivity contribution in [1.82, 2.24) is 9.38 Å². The number of pyridine rings is 1. The maximum absolute atomic E-state index is 11.3. The number of Topliss-reactive ketones (excluding diaryl/α,β-unsaturated/α-hetero) is 1. The molecule has 0 N–H and O–H groups in total. The van der Waals surface area contributed by atoms with E-state index in [4.69, 9.17) is 0 Å². The molecule has 0 aliphatic rings. The molecule has 0 aliphatic carbocycles. The molecule has 0 unspecified atom stereocenters. The Morgan fingerprint density at radius 2 is 2.27 bits per heavy atom. The van der Waals surface area contributed by atoms with Gasteiger partial charge in [0.05, 0.1) is 5.52 Å². The van der Waals surface area contributed by atoms with Gasteiger partial charge in [0.1, 0.15) is 10.4 Å². The van der Waals surface area contributed by atoms with E-state index in [1.165, 1.54) is 0 Å². The molecule has 0 aliphatic heterocycles. The van der Waals surface area contributed by atoms with E-state index in [0.29, 0.717) is 5.56 Å². The number of aryl methyl sites for hydroxylation is 1. The minimum absolute atomic E-state index is 0.0729. The van der Waals surface area contributed by atoms with Crippen molar-refractivity contribution in [2.45, 2.75) is 20.3 Å². The number of carbonyl (C=O) groups is 1. The fourth-order valence-electron chi connectivity index (χ4n) is 1.56. The summed E-state index contributed by atoms with van der Waals surface area (Å²) in [4.78, 5) is 15.6. The summed E-state index contributed by atoms with van der Waals surface area (Å²) in [6.07, 6.45) is 2.68. The minimum Gasteiger partial charge on any atom is -0.302 e. The zero-order valence-electron chi connectivity index (χ0n) is 8.62. The number of imidazole rings is 1. The number of aromatic nitrogens is 2. The maximum atomic E-state index is 11.3. The van der Waals surface area contributed by atoms with E-state index < -0.39 is 0 Å². The Hall–Kier alpha value is -1.16. The third-order valence-corrected chi connectivity index (χ3v) is 2.97. The average Bonchev–Trinajstić information content (AvgIpc) is 2.55. The number of fused-ring (bicyclic) bond motifs is 1. The molecule has 0 radical (unpaired) electrons. The zero-order chi connectivity index (χ0) is 11.0. The van der Waals surface area contributed by atoms with Gasteiger partial charge in [-0.3, -0.25) is 4.79 Å². The molecule has 0 saturated heterocycles. The SMILES string of the molecule is CCc1nc(Br)c2ccc(C(C)=O)cn12. The molecule has 0 atom stereocenters. The molecule has 2 rings (SSSR count). The Morgan fingerprint density at radius 3 is 2.87 bits per heavy atom. The zero-order valence-corrected chi connectivity index (χ0v) is 10.2. The summed E-state index contributed by atoms with van der Waals surface area (Å²) in [5.41, 5.74) is 1.71. The van der Waals surface area contributed by atoms with Crippen LogP contribution in [0.5, 0.6) is 0 Å². The van der Waals surface area contributed by atoms with Gasteiger partial charge < -0.3 is 4.40 Å². The third kappa shape index (κ3) is 1.69. The number of halogens is 1. The number of ketones is 1. The van der Waals surface area contributed by atoms with Crippen LogP contribution in [0.3, 0.4) is 0 Å². The highest BCUT2D eigenvalue weighted by Gasteiger charge is 2.09. The van der Waals surface area contributed by atoms with E-state index in [1.54, 1.807) is 6.92 Å². The first kappa shape index (κ1) is 10.4. The van der Waals surface area contributed by atoms with Crippen molar-refractivity contribution in [3.63, 3.8) is 0 Å². The fourth-order valence-corrected chi connectivity index (χ4v) is 2.09. The van der Waals surface area contributed by atoms with Crippen LogP contribution in [0.25, 0.3) is 5.52 Å². The first-order chi connectivity index (χ1) is 7.13. The fraction of sp³-hybridized carbons (Fsp3) is 0.273. The van der Waals surface area contributed by atoms with E-state index in [0.717, 1.165) is 22.4 Å². The average molecular weight is 267 g/mol. The van der Waals surface area contributed by atoms with Gasteiger partial charge >= 0.3 is 0 Å². The van der Waals surface area contributed by atoms with Crippen molar-refractivity contribution in [3.8, 4) is 0 Å². The highest BCUT2D eigenvalue weighted by Crippen LogP contribution is 2.20. The standard InChI is InChI=1S/C11H11BrN2O/c1-3-10-13-11(12)9-5-4-8(7(2)15)6-14(9)10/h4-6H,3H2,1-2H3. The van der Waals surface area contributed by atoms with E-state index >= 15 is 0 Å². The number of hydrogen-bond donors (Lipinski definition) is 0. The van der Waals surface area contributed by atoms with E-state index in [1.807, 2.05) is 29.7 Å². The molecule has 0 spiro atoms. The van der Waals surface area contributed by atoms with Crippen molar-refractivity contribution in [2.24, 2.45) is 0 Å². The topological polar surface area (TPSA) is 34.4 Å². The Balaban J connectivity index is 2.73. The number of hydrogen-bond acceptors (Lipinski definition) is 2. The molecule has 2 aromatic heterocycles. The second-order valence-corrected chi connectivity index (χ2v) is 4.15. The minimum atomic E-state index is 0.0729. The summed E-state index contributed by atoms with van der Waals surface area (Å²) in [6.45, 7) is 3.61. The van der Waals surface area contributed by atoms with Crippen LogP contribution in [-0.4, -0.2) is 15.2 Å². The predicted octanol–water partition coefficient (Wildman–Crippen LogP) is 2.86. The van der Waals surface area contributed by atoms with Crippen molar-refractivity contribution >= 4 is 27.2 Å². The largest absolute Gasteiger partial charge is 0.302 e. The van der Waals surface area contributed by atoms with Gasteiger partial charge in [0.25, 0.3) is 0 Å². The van der Waals surface area contributed by atoms with Crippen LogP contribution in [0.15, 0.2) is 22.9 Å². The molecule has 3 nitrogen and oxygen atoms in total. The van der Waals surface area contributed by atoms with Crippen LogP contribution in [0.4, 0.5) is 0 Å². The van der Waals surface area contributed by atoms with Crippen LogP contribution in [0.1, 0.15) is 30.0 Å². The van der Waals surface area contributed by atoms with Crippen molar-refractivity contribution in [3.05, 3.63) is 34.3 Å². The summed E-state index contributed by atoms with van der Waals surface area (Å²) in [7, 11) is 0. The molecule has 15 heavy (non-hydrogen) atoms. The summed E-state index contributed by atoms with van der Waals surface area (Å²) in [6, 6.07) is 3.73. The van der Waals surface area contributed by atoms with Gasteiger partial charge in [0, 0.05) is 18.2 Å². The lowest BCUT2D eigenvalue weighted by atomic mass is 10.2. The molecule has 2 aromatic rings. The van der Waals surface area contributed by atoms with Crippen LogP contribution in [-0.2, 0) is 6.42 Å². The van der Waals surface area contributed by atoms with Gasteiger partial charge in [0.15, 0.2) is 5.78 Å². The summed E-state index contributed by atoms with van der Waals surface area (Å²) < 4.78 is 2.79. The summed E-state index contributed by atoms with van der Waals surface area (Å²) in [5, 5.41) is 0. The van der Waals surface area contributed by atoms with Gasteiger partial charge in [-0.25, -0.2) is 4.98 Å². The summed E-state index contributed by atoms with van der Waals surface area (Å²) in [5.74, 6) is 1.03. The number of nitrogens with zero attached hydrogens (tertiary/aromatic N) is 2. The lowest BCUT2D eigenvalue weighted by Crippen LogP contribution is -1.98. The highest BCUT2D eigenvalue weighted by atomic mass is 79.9. The smallest absolute Gasteiger partial charge is 0.161 e. The van der Waals surface area contributed by atoms with Crippen molar-refractivity contribution in [1.29, 1.82) is 0 Å². The molecule has 2 heterocycles. The molecular weight excluding hydrogens is 256 g/mol. The molecule has 0 aromatic carbocycles. The molecule has 78 valence electrons. The first-order valence-corrected chi connectivity index (χ1v) is 5.60. The second-order valence-electron chi connectivity index (χ2n) is 3.40. The van der Waals surface area contributed by atoms with Gasteiger partial charge in [-0.1, -0.05) is 6.92 Å². The Bertz CT molecular complexity index is 531. The summed E-state index contributed by atoms with van der Waals surface area (Å²) >= 11 is 3.40. The van der Waals surface area contributed by atoms with E-state index in [-0.39, 0.29) is 5.78 Å². The van der Waals surface area contributed by atoms with Gasteiger partial charge in [-0.15, -0.1) is 0 Å². The van der Waals surface area contributed by atoms with Crippen LogP contribution in [0.2, 0.25) is 0 Å². The maximum Gasteiger partial charge on any atom is 0.161 e. The number of rotatable bonds is 2. The monoisotopic (exact) mass is 266 g/mol. The highest BCUT2D eigenvalue weighted by molar-refractivity contribution is 9.10. The normalized spacial score (nSPS) is 10.9. The Morgan fingerprint density at radius 1 is 1.53 bits per heavy atom. The van der Waals surface area contributed by atoms with Gasteiger partial charge in [-0.05, 0) is 35.0 Å². The Labute approximate surface area is 96.3 Å². The third-order valence-electron chi connectivity index (χ3n) is 2.39. The Kier molecular flexibility index (Phi) is 2.61. The molecule has 4 heteroatoms. The first-order valence-electron chi connectivity index (χ1n) is 4.81. The molecule has 0 bridgehead atoms. The van der Waals surface area contributed by atoms with E-state index in [2.05, 4.69) is 20.9 Å². The van der Waals surface area contributed by atoms with Crippen molar-refractivity contribution < 1.29 is 4.79 Å².